The van der Waals surface area contributed by atoms with Gasteiger partial charge in [-0.3, -0.25) is 33.7 Å². The second-order valence-corrected chi connectivity index (χ2v) is 14.9. The van der Waals surface area contributed by atoms with Crippen LogP contribution < -0.4 is 11.1 Å². The highest BCUT2D eigenvalue weighted by atomic mass is 32.2. The molecule has 0 aromatic carbocycles. The van der Waals surface area contributed by atoms with Crippen molar-refractivity contribution in [3.05, 3.63) is 0 Å². The number of hydrogen-bond donors (Lipinski definition) is 3. The minimum absolute atomic E-state index is 0.0480. The van der Waals surface area contributed by atoms with E-state index in [0.717, 1.165) is 4.90 Å². The minimum atomic E-state index is -1.08. The molecule has 44 heavy (non-hydrogen) atoms. The lowest BCUT2D eigenvalue weighted by molar-refractivity contribution is -0.145. The van der Waals surface area contributed by atoms with Crippen molar-refractivity contribution >= 4 is 47.0 Å². The molecule has 1 heterocycles. The zero-order valence-corrected chi connectivity index (χ0v) is 28.1. The van der Waals surface area contributed by atoms with E-state index in [1.165, 1.54) is 23.7 Å². The van der Waals surface area contributed by atoms with E-state index in [1.54, 1.807) is 20.8 Å². The van der Waals surface area contributed by atoms with Gasteiger partial charge in [0.1, 0.15) is 24.2 Å². The SMILES string of the molecule is CN(C(=O)COCCOCCCC(=O)CCN1C(=O)CC(SC(C)(C)C)C1=O)C(CC(=O)C(C)(C)C)C(=O)NCC(O)CN. The molecule has 1 aliphatic heterocycles. The van der Waals surface area contributed by atoms with Crippen LogP contribution in [0.1, 0.15) is 73.6 Å². The van der Waals surface area contributed by atoms with Gasteiger partial charge in [-0.05, 0) is 6.42 Å². The average Bonchev–Trinajstić information content (AvgIpc) is 3.18. The Hall–Kier alpha value is -2.39. The van der Waals surface area contributed by atoms with Crippen molar-refractivity contribution in [2.45, 2.75) is 95.8 Å². The van der Waals surface area contributed by atoms with Crippen molar-refractivity contribution in [2.24, 2.45) is 11.1 Å². The molecule has 1 aliphatic rings. The lowest BCUT2D eigenvalue weighted by Crippen LogP contribution is -2.52. The molecule has 1 saturated heterocycles. The smallest absolute Gasteiger partial charge is 0.249 e. The van der Waals surface area contributed by atoms with Crippen molar-refractivity contribution < 1.29 is 43.3 Å². The lowest BCUT2D eigenvalue weighted by Gasteiger charge is -2.29. The molecule has 1 rings (SSSR count). The summed E-state index contributed by atoms with van der Waals surface area (Å²) in [6, 6.07) is -1.08. The predicted octanol–water partition coefficient (Wildman–Crippen LogP) is 0.686. The number of nitrogens with one attached hydrogen (secondary N) is 1. The summed E-state index contributed by atoms with van der Waals surface area (Å²) in [5.41, 5.74) is 4.67. The number of carbonyl (C=O) groups excluding carboxylic acids is 6. The molecular weight excluding hydrogens is 592 g/mol. The molecule has 0 spiro atoms. The van der Waals surface area contributed by atoms with Crippen LogP contribution in [0.4, 0.5) is 0 Å². The monoisotopic (exact) mass is 644 g/mol. The molecule has 0 aliphatic carbocycles. The molecule has 1 fully saturated rings. The Balaban J connectivity index is 2.35. The summed E-state index contributed by atoms with van der Waals surface area (Å²) in [6.07, 6.45) is -0.157. The maximum atomic E-state index is 12.8. The summed E-state index contributed by atoms with van der Waals surface area (Å²) >= 11 is 1.47. The molecule has 4 N–H and O–H groups in total. The number of nitrogens with two attached hydrogens (primary N) is 1. The van der Waals surface area contributed by atoms with E-state index in [0.29, 0.717) is 13.0 Å². The maximum absolute atomic E-state index is 12.8. The zero-order chi connectivity index (χ0) is 33.7. The highest BCUT2D eigenvalue weighted by molar-refractivity contribution is 8.01. The number of hydrogen-bond acceptors (Lipinski definition) is 11. The number of amides is 4. The molecule has 0 saturated carbocycles. The van der Waals surface area contributed by atoms with Crippen LogP contribution in [-0.4, -0.2) is 125 Å². The fraction of sp³-hybridized carbons (Fsp3) is 0.800. The highest BCUT2D eigenvalue weighted by Gasteiger charge is 2.40. The van der Waals surface area contributed by atoms with Gasteiger partial charge >= 0.3 is 0 Å². The van der Waals surface area contributed by atoms with Crippen LogP contribution in [0.2, 0.25) is 0 Å². The lowest BCUT2D eigenvalue weighted by atomic mass is 9.86. The molecule has 4 amide bonds. The fourth-order valence-corrected chi connectivity index (χ4v) is 5.41. The number of rotatable bonds is 20. The third-order valence-electron chi connectivity index (χ3n) is 6.82. The van der Waals surface area contributed by atoms with Crippen molar-refractivity contribution in [2.75, 3.05) is 53.1 Å². The van der Waals surface area contributed by atoms with Crippen LogP contribution in [0.15, 0.2) is 0 Å². The second-order valence-electron chi connectivity index (χ2n) is 12.9. The number of likely N-dealkylation sites (tertiary alicyclic amines) is 1. The molecule has 14 heteroatoms. The van der Waals surface area contributed by atoms with E-state index in [9.17, 15) is 33.9 Å². The van der Waals surface area contributed by atoms with Gasteiger partial charge in [-0.15, -0.1) is 11.8 Å². The number of thioether (sulfide) groups is 1. The van der Waals surface area contributed by atoms with Gasteiger partial charge in [0.25, 0.3) is 0 Å². The summed E-state index contributed by atoms with van der Waals surface area (Å²) < 4.78 is 10.7. The largest absolute Gasteiger partial charge is 0.390 e. The summed E-state index contributed by atoms with van der Waals surface area (Å²) in [4.78, 5) is 77.5. The van der Waals surface area contributed by atoms with Crippen LogP contribution in [0.25, 0.3) is 0 Å². The quantitative estimate of drug-likeness (QED) is 0.125. The van der Waals surface area contributed by atoms with Gasteiger partial charge in [0.15, 0.2) is 0 Å². The standard InChI is InChI=1S/C30H52N4O9S/c1-29(2,3)24(37)15-22(27(40)32-18-21(36)17-31)33(7)26(39)19-43-14-13-42-12-8-9-20(35)10-11-34-25(38)16-23(28(34)41)44-30(4,5)6/h21-23,36H,8-19,31H2,1-7H3,(H,32,40). The van der Waals surface area contributed by atoms with Crippen LogP contribution in [0.5, 0.6) is 0 Å². The molecule has 0 bridgehead atoms. The molecule has 0 radical (unpaired) electrons. The molecular formula is C30H52N4O9S. The Morgan fingerprint density at radius 2 is 1.70 bits per heavy atom. The van der Waals surface area contributed by atoms with Crippen molar-refractivity contribution in [1.29, 1.82) is 0 Å². The number of ketones is 2. The number of aliphatic hydroxyl groups excluding tert-OH is 1. The molecule has 0 aromatic heterocycles. The molecule has 13 nitrogen and oxygen atoms in total. The van der Waals surface area contributed by atoms with Crippen molar-refractivity contribution in [1.82, 2.24) is 15.1 Å². The van der Waals surface area contributed by atoms with Crippen molar-refractivity contribution in [3.63, 3.8) is 0 Å². The van der Waals surface area contributed by atoms with Crippen molar-refractivity contribution in [3.8, 4) is 0 Å². The number of likely N-dealkylation sites (N-methyl/N-ethyl adjacent to an activating group) is 1. The van der Waals surface area contributed by atoms with Gasteiger partial charge in [-0.1, -0.05) is 41.5 Å². The number of aliphatic hydroxyl groups is 1. The zero-order valence-electron chi connectivity index (χ0n) is 27.3. The minimum Gasteiger partial charge on any atom is -0.390 e. The first-order chi connectivity index (χ1) is 20.4. The van der Waals surface area contributed by atoms with Gasteiger partial charge in [0, 0.05) is 69.1 Å². The van der Waals surface area contributed by atoms with E-state index in [-0.39, 0.29) is 93.3 Å². The first-order valence-electron chi connectivity index (χ1n) is 15.0. The van der Waals surface area contributed by atoms with Gasteiger partial charge in [0.05, 0.1) is 24.6 Å². The number of nitrogens with zero attached hydrogens (tertiary/aromatic N) is 2. The molecule has 252 valence electrons. The Morgan fingerprint density at radius 1 is 1.07 bits per heavy atom. The first kappa shape index (κ1) is 39.6. The van der Waals surface area contributed by atoms with E-state index < -0.39 is 34.6 Å². The van der Waals surface area contributed by atoms with Crippen LogP contribution in [0.3, 0.4) is 0 Å². The Labute approximate surface area is 265 Å². The Kier molecular flexibility index (Phi) is 16.7. The van der Waals surface area contributed by atoms with Gasteiger partial charge in [-0.2, -0.15) is 0 Å². The average molecular weight is 645 g/mol. The van der Waals surface area contributed by atoms with Gasteiger partial charge < -0.3 is 30.5 Å². The maximum Gasteiger partial charge on any atom is 0.249 e. The fourth-order valence-electron chi connectivity index (χ4n) is 4.10. The second kappa shape index (κ2) is 18.5. The third kappa shape index (κ3) is 14.6. The highest BCUT2D eigenvalue weighted by Crippen LogP contribution is 2.34. The summed E-state index contributed by atoms with van der Waals surface area (Å²) in [7, 11) is 1.41. The van der Waals surface area contributed by atoms with E-state index in [2.05, 4.69) is 5.32 Å². The van der Waals surface area contributed by atoms with E-state index in [4.69, 9.17) is 15.2 Å². The number of ether oxygens (including phenoxy) is 2. The van der Waals surface area contributed by atoms with Crippen LogP contribution in [-0.2, 0) is 38.2 Å². The van der Waals surface area contributed by atoms with Gasteiger partial charge in [0.2, 0.25) is 23.6 Å². The number of imide groups is 1. The third-order valence-corrected chi connectivity index (χ3v) is 8.18. The number of Topliss-reactive ketones (excluding diaryl/α,β-unsaturated/α-hetero) is 2. The Morgan fingerprint density at radius 3 is 2.30 bits per heavy atom. The summed E-state index contributed by atoms with van der Waals surface area (Å²) in [5, 5.41) is 11.8. The number of carbonyl (C=O) groups is 6. The molecule has 3 atom stereocenters. The van der Waals surface area contributed by atoms with Gasteiger partial charge in [-0.25, -0.2) is 0 Å². The van der Waals surface area contributed by atoms with E-state index >= 15 is 0 Å². The first-order valence-corrected chi connectivity index (χ1v) is 15.9. The molecule has 3 unspecified atom stereocenters. The normalized spacial score (nSPS) is 17.0. The van der Waals surface area contributed by atoms with Crippen LogP contribution >= 0.6 is 11.8 Å². The predicted molar refractivity (Wildman–Crippen MR) is 167 cm³/mol. The summed E-state index contributed by atoms with van der Waals surface area (Å²) in [6.45, 7) is 11.3. The topological polar surface area (TPSA) is 186 Å². The summed E-state index contributed by atoms with van der Waals surface area (Å²) in [5.74, 6) is -1.81. The Bertz CT molecular complexity index is 1010. The van der Waals surface area contributed by atoms with Crippen LogP contribution in [0, 0.1) is 5.41 Å². The van der Waals surface area contributed by atoms with E-state index in [1.807, 2.05) is 20.8 Å². The molecule has 0 aromatic rings.